The predicted octanol–water partition coefficient (Wildman–Crippen LogP) is 2.41. The van der Waals surface area contributed by atoms with E-state index in [0.717, 1.165) is 48.1 Å². The van der Waals surface area contributed by atoms with Gasteiger partial charge in [-0.3, -0.25) is 14.4 Å². The number of hydrogen-bond donors (Lipinski definition) is 2. The fourth-order valence-corrected chi connectivity index (χ4v) is 4.43. The predicted molar refractivity (Wildman–Crippen MR) is 117 cm³/mol. The van der Waals surface area contributed by atoms with Gasteiger partial charge in [-0.2, -0.15) is 0 Å². The second-order valence-corrected chi connectivity index (χ2v) is 8.63. The molecule has 1 unspecified atom stereocenters. The third kappa shape index (κ3) is 4.91. The van der Waals surface area contributed by atoms with Gasteiger partial charge < -0.3 is 20.9 Å². The minimum atomic E-state index is -1.30. The van der Waals surface area contributed by atoms with Crippen LogP contribution in [-0.2, 0) is 4.79 Å². The number of rotatable bonds is 4. The van der Waals surface area contributed by atoms with E-state index in [1.807, 2.05) is 0 Å². The Labute approximate surface area is 194 Å². The summed E-state index contributed by atoms with van der Waals surface area (Å²) in [4.78, 5) is 42.1. The lowest BCUT2D eigenvalue weighted by Gasteiger charge is -2.32. The number of halogens is 3. The number of nitrogens with zero attached hydrogens (tertiary/aromatic N) is 2. The molecule has 2 fully saturated rings. The molecule has 3 N–H and O–H groups in total. The van der Waals surface area contributed by atoms with Crippen molar-refractivity contribution in [1.82, 2.24) is 15.1 Å². The van der Waals surface area contributed by atoms with E-state index in [2.05, 4.69) is 5.32 Å². The third-order valence-electron chi connectivity index (χ3n) is 6.30. The molecule has 1 saturated carbocycles. The highest BCUT2D eigenvalue weighted by molar-refractivity contribution is 6.02. The Morgan fingerprint density at radius 2 is 1.35 bits per heavy atom. The fourth-order valence-electron chi connectivity index (χ4n) is 4.43. The van der Waals surface area contributed by atoms with Gasteiger partial charge in [0.15, 0.2) is 17.8 Å². The van der Waals surface area contributed by atoms with Crippen LogP contribution in [0.3, 0.4) is 0 Å². The minimum Gasteiger partial charge on any atom is -0.350 e. The summed E-state index contributed by atoms with van der Waals surface area (Å²) >= 11 is 0. The molecule has 2 aromatic carbocycles. The van der Waals surface area contributed by atoms with Crippen LogP contribution in [0.1, 0.15) is 46.4 Å². The van der Waals surface area contributed by atoms with Crippen LogP contribution in [0.5, 0.6) is 0 Å². The Morgan fingerprint density at radius 1 is 0.794 bits per heavy atom. The lowest BCUT2D eigenvalue weighted by Crippen LogP contribution is -2.56. The molecule has 0 radical (unpaired) electrons. The lowest BCUT2D eigenvalue weighted by molar-refractivity contribution is -0.129. The molecule has 1 aliphatic heterocycles. The number of amides is 3. The van der Waals surface area contributed by atoms with E-state index in [1.165, 1.54) is 17.0 Å². The van der Waals surface area contributed by atoms with E-state index in [-0.39, 0.29) is 36.3 Å². The van der Waals surface area contributed by atoms with Gasteiger partial charge in [0.25, 0.3) is 17.7 Å². The number of hydrogen-bond acceptors (Lipinski definition) is 4. The Balaban J connectivity index is 1.61. The van der Waals surface area contributed by atoms with E-state index in [1.54, 1.807) is 0 Å². The zero-order valence-electron chi connectivity index (χ0n) is 18.3. The van der Waals surface area contributed by atoms with Crippen molar-refractivity contribution in [1.29, 1.82) is 0 Å². The Morgan fingerprint density at radius 3 is 1.94 bits per heavy atom. The smallest absolute Gasteiger partial charge is 0.264 e. The summed E-state index contributed by atoms with van der Waals surface area (Å²) in [6.07, 6.45) is 1.52. The molecule has 2 aliphatic rings. The molecule has 1 saturated heterocycles. The highest BCUT2D eigenvalue weighted by Gasteiger charge is 2.44. The molecule has 34 heavy (non-hydrogen) atoms. The molecule has 180 valence electrons. The molecular formula is C24H25F3N4O3. The van der Waals surface area contributed by atoms with Crippen LogP contribution in [0.25, 0.3) is 0 Å². The molecule has 4 rings (SSSR count). The maximum absolute atomic E-state index is 13.8. The molecule has 1 aliphatic carbocycles. The van der Waals surface area contributed by atoms with Crippen molar-refractivity contribution < 1.29 is 27.6 Å². The SMILES string of the molecule is NC1CCC(NC(=O)C2N(C(=O)c3ccc(F)cc3)CCN2C(=O)c2ccc(F)c(F)c2)CC1. The van der Waals surface area contributed by atoms with Crippen molar-refractivity contribution in [3.05, 3.63) is 71.0 Å². The third-order valence-corrected chi connectivity index (χ3v) is 6.30. The second-order valence-electron chi connectivity index (χ2n) is 8.63. The summed E-state index contributed by atoms with van der Waals surface area (Å²) in [5.74, 6) is -4.62. The first-order valence-corrected chi connectivity index (χ1v) is 11.1. The molecule has 1 atom stereocenters. The maximum atomic E-state index is 13.8. The lowest BCUT2D eigenvalue weighted by atomic mass is 9.92. The summed E-state index contributed by atoms with van der Waals surface area (Å²) in [5, 5.41) is 2.91. The number of carbonyl (C=O) groups is 3. The largest absolute Gasteiger partial charge is 0.350 e. The molecule has 7 nitrogen and oxygen atoms in total. The van der Waals surface area contributed by atoms with E-state index >= 15 is 0 Å². The van der Waals surface area contributed by atoms with Crippen LogP contribution in [0.2, 0.25) is 0 Å². The molecule has 10 heteroatoms. The van der Waals surface area contributed by atoms with Gasteiger partial charge in [0.05, 0.1) is 0 Å². The highest BCUT2D eigenvalue weighted by atomic mass is 19.2. The van der Waals surface area contributed by atoms with Crippen molar-refractivity contribution >= 4 is 17.7 Å². The van der Waals surface area contributed by atoms with Gasteiger partial charge in [0.2, 0.25) is 0 Å². The molecular weight excluding hydrogens is 449 g/mol. The highest BCUT2D eigenvalue weighted by Crippen LogP contribution is 2.24. The summed E-state index contributed by atoms with van der Waals surface area (Å²) < 4.78 is 40.4. The Kier molecular flexibility index (Phi) is 6.87. The normalized spacial score (nSPS) is 22.5. The standard InChI is InChI=1S/C24H25F3N4O3/c25-16-4-1-14(2-5-16)23(33)30-11-12-31(24(34)15-3-10-19(26)20(27)13-15)22(30)21(32)29-18-8-6-17(28)7-9-18/h1-5,10,13,17-18,22H,6-9,11-12,28H2,(H,29,32). The Bertz CT molecular complexity index is 1090. The van der Waals surface area contributed by atoms with Crippen LogP contribution in [0.15, 0.2) is 42.5 Å². The number of nitrogens with one attached hydrogen (secondary N) is 1. The van der Waals surface area contributed by atoms with Gasteiger partial charge in [0.1, 0.15) is 5.82 Å². The van der Waals surface area contributed by atoms with Crippen molar-refractivity contribution in [2.24, 2.45) is 5.73 Å². The zero-order valence-corrected chi connectivity index (χ0v) is 18.3. The molecule has 2 aromatic rings. The average Bonchev–Trinajstić information content (AvgIpc) is 3.27. The van der Waals surface area contributed by atoms with Crippen molar-refractivity contribution in [2.75, 3.05) is 13.1 Å². The van der Waals surface area contributed by atoms with Crippen molar-refractivity contribution in [2.45, 2.75) is 43.9 Å². The quantitative estimate of drug-likeness (QED) is 0.712. The summed E-state index contributed by atoms with van der Waals surface area (Å²) in [6, 6.07) is 7.51. The van der Waals surface area contributed by atoms with Crippen LogP contribution in [0, 0.1) is 17.5 Å². The van der Waals surface area contributed by atoms with Crippen LogP contribution >= 0.6 is 0 Å². The first kappa shape index (κ1) is 23.7. The van der Waals surface area contributed by atoms with Gasteiger partial charge >= 0.3 is 0 Å². The molecule has 0 spiro atoms. The monoisotopic (exact) mass is 474 g/mol. The van der Waals surface area contributed by atoms with Crippen LogP contribution in [-0.4, -0.2) is 58.9 Å². The topological polar surface area (TPSA) is 95.7 Å². The fraction of sp³-hybridized carbons (Fsp3) is 0.375. The number of carbonyl (C=O) groups excluding carboxylic acids is 3. The van der Waals surface area contributed by atoms with Gasteiger partial charge in [0, 0.05) is 36.3 Å². The van der Waals surface area contributed by atoms with Gasteiger partial charge in [-0.25, -0.2) is 13.2 Å². The summed E-state index contributed by atoms with van der Waals surface area (Å²) in [7, 11) is 0. The number of nitrogens with two attached hydrogens (primary N) is 1. The summed E-state index contributed by atoms with van der Waals surface area (Å²) in [5.41, 5.74) is 5.95. The van der Waals surface area contributed by atoms with E-state index in [9.17, 15) is 27.6 Å². The summed E-state index contributed by atoms with van der Waals surface area (Å²) in [6.45, 7) is 0.0532. The van der Waals surface area contributed by atoms with Gasteiger partial charge in [-0.15, -0.1) is 0 Å². The molecule has 0 aromatic heterocycles. The average molecular weight is 474 g/mol. The van der Waals surface area contributed by atoms with Crippen molar-refractivity contribution in [3.63, 3.8) is 0 Å². The van der Waals surface area contributed by atoms with Gasteiger partial charge in [-0.1, -0.05) is 0 Å². The van der Waals surface area contributed by atoms with Crippen molar-refractivity contribution in [3.8, 4) is 0 Å². The Hall–Kier alpha value is -3.40. The van der Waals surface area contributed by atoms with E-state index in [0.29, 0.717) is 12.8 Å². The second kappa shape index (κ2) is 9.84. The van der Waals surface area contributed by atoms with E-state index < -0.39 is 41.3 Å². The first-order valence-electron chi connectivity index (χ1n) is 11.1. The molecule has 0 bridgehead atoms. The minimum absolute atomic E-state index is 0.0123. The van der Waals surface area contributed by atoms with Crippen LogP contribution in [0.4, 0.5) is 13.2 Å². The van der Waals surface area contributed by atoms with Crippen LogP contribution < -0.4 is 11.1 Å². The van der Waals surface area contributed by atoms with Gasteiger partial charge in [-0.05, 0) is 68.1 Å². The molecule has 1 heterocycles. The zero-order chi connectivity index (χ0) is 24.4. The maximum Gasteiger partial charge on any atom is 0.264 e. The molecule has 3 amide bonds. The van der Waals surface area contributed by atoms with E-state index in [4.69, 9.17) is 5.73 Å². The first-order chi connectivity index (χ1) is 16.2. The number of benzene rings is 2.